The smallest absolute Gasteiger partial charge is 0.155 e. The third kappa shape index (κ3) is 3.89. The van der Waals surface area contributed by atoms with Gasteiger partial charge in [0.15, 0.2) is 5.78 Å². The van der Waals surface area contributed by atoms with E-state index in [4.69, 9.17) is 0 Å². The molecule has 0 amide bonds. The molecule has 1 aromatic rings. The Bertz CT molecular complexity index is 363. The van der Waals surface area contributed by atoms with Crippen LogP contribution in [0.15, 0.2) is 30.3 Å². The summed E-state index contributed by atoms with van der Waals surface area (Å²) in [6, 6.07) is 8.13. The molecule has 0 N–H and O–H groups in total. The van der Waals surface area contributed by atoms with Crippen LogP contribution in [-0.2, 0) is 4.79 Å². The Kier molecular flexibility index (Phi) is 4.77. The van der Waals surface area contributed by atoms with Crippen molar-refractivity contribution in [3.05, 3.63) is 35.9 Å². The van der Waals surface area contributed by atoms with Gasteiger partial charge in [-0.05, 0) is 30.2 Å². The van der Waals surface area contributed by atoms with E-state index in [1.807, 2.05) is 51.4 Å². The maximum Gasteiger partial charge on any atom is 0.155 e. The van der Waals surface area contributed by atoms with Crippen molar-refractivity contribution in [3.63, 3.8) is 0 Å². The number of anilines is 1. The highest BCUT2D eigenvalue weighted by molar-refractivity contribution is 5.93. The molecule has 0 fully saturated rings. The highest BCUT2D eigenvalue weighted by Gasteiger charge is 1.95. The number of allylic oxidation sites excluding steroid dienone is 1. The molecule has 0 aliphatic carbocycles. The summed E-state index contributed by atoms with van der Waals surface area (Å²) in [5.41, 5.74) is 2.23. The summed E-state index contributed by atoms with van der Waals surface area (Å²) in [4.78, 5) is 13.3. The lowest BCUT2D eigenvalue weighted by molar-refractivity contribution is -0.114. The van der Waals surface area contributed by atoms with Crippen LogP contribution in [0.5, 0.6) is 0 Å². The molecule has 0 aliphatic heterocycles. The zero-order chi connectivity index (χ0) is 12.0. The zero-order valence-electron chi connectivity index (χ0n) is 10.2. The van der Waals surface area contributed by atoms with E-state index < -0.39 is 0 Å². The Morgan fingerprint density at radius 1 is 1.25 bits per heavy atom. The van der Waals surface area contributed by atoms with E-state index in [9.17, 15) is 4.79 Å². The predicted octanol–water partition coefficient (Wildman–Crippen LogP) is 3.14. The van der Waals surface area contributed by atoms with E-state index in [0.29, 0.717) is 6.42 Å². The number of carbonyl (C=O) groups is 1. The summed E-state index contributed by atoms with van der Waals surface area (Å²) in [6.45, 7) is 2.01. The van der Waals surface area contributed by atoms with Crippen molar-refractivity contribution < 1.29 is 4.79 Å². The lowest BCUT2D eigenvalue weighted by atomic mass is 10.1. The number of ketones is 1. The Hall–Kier alpha value is -1.57. The largest absolute Gasteiger partial charge is 0.378 e. The quantitative estimate of drug-likeness (QED) is 0.706. The Balaban J connectivity index is 2.65. The van der Waals surface area contributed by atoms with E-state index >= 15 is 0 Å². The highest BCUT2D eigenvalue weighted by Crippen LogP contribution is 2.13. The van der Waals surface area contributed by atoms with Crippen LogP contribution in [0.25, 0.3) is 6.08 Å². The van der Waals surface area contributed by atoms with Crippen LogP contribution in [-0.4, -0.2) is 19.9 Å². The van der Waals surface area contributed by atoms with Crippen molar-refractivity contribution in [2.75, 3.05) is 19.0 Å². The average Bonchev–Trinajstić information content (AvgIpc) is 2.27. The number of nitrogens with zero attached hydrogens (tertiary/aromatic N) is 1. The number of hydrogen-bond acceptors (Lipinski definition) is 2. The highest BCUT2D eigenvalue weighted by atomic mass is 16.1. The first kappa shape index (κ1) is 12.5. The van der Waals surface area contributed by atoms with Gasteiger partial charge >= 0.3 is 0 Å². The third-order valence-electron chi connectivity index (χ3n) is 2.37. The fourth-order valence-corrected chi connectivity index (χ4v) is 1.40. The molecule has 1 aromatic carbocycles. The van der Waals surface area contributed by atoms with Crippen LogP contribution in [0.1, 0.15) is 25.3 Å². The van der Waals surface area contributed by atoms with Crippen molar-refractivity contribution in [2.45, 2.75) is 19.8 Å². The van der Waals surface area contributed by atoms with E-state index in [0.717, 1.165) is 17.7 Å². The van der Waals surface area contributed by atoms with Gasteiger partial charge in [-0.25, -0.2) is 0 Å². The number of benzene rings is 1. The number of rotatable bonds is 5. The van der Waals surface area contributed by atoms with Crippen molar-refractivity contribution in [1.29, 1.82) is 0 Å². The minimum atomic E-state index is 0.194. The van der Waals surface area contributed by atoms with Crippen LogP contribution >= 0.6 is 0 Å². The van der Waals surface area contributed by atoms with E-state index in [1.54, 1.807) is 6.08 Å². The summed E-state index contributed by atoms with van der Waals surface area (Å²) in [5, 5.41) is 0. The molecule has 0 aliphatic rings. The Morgan fingerprint density at radius 2 is 1.88 bits per heavy atom. The second kappa shape index (κ2) is 6.11. The van der Waals surface area contributed by atoms with Crippen molar-refractivity contribution in [1.82, 2.24) is 0 Å². The summed E-state index contributed by atoms with van der Waals surface area (Å²) in [7, 11) is 4.02. The van der Waals surface area contributed by atoms with Gasteiger partial charge in [-0.1, -0.05) is 25.1 Å². The molecule has 0 spiro atoms. The number of carbonyl (C=O) groups excluding carboxylic acids is 1. The van der Waals surface area contributed by atoms with Crippen molar-refractivity contribution in [2.24, 2.45) is 0 Å². The first-order valence-corrected chi connectivity index (χ1v) is 5.61. The monoisotopic (exact) mass is 217 g/mol. The van der Waals surface area contributed by atoms with E-state index in [1.165, 1.54) is 0 Å². The van der Waals surface area contributed by atoms with E-state index in [-0.39, 0.29) is 5.78 Å². The van der Waals surface area contributed by atoms with Crippen LogP contribution in [0.4, 0.5) is 5.69 Å². The molecule has 0 saturated carbocycles. The van der Waals surface area contributed by atoms with Gasteiger partial charge in [0.25, 0.3) is 0 Å². The molecule has 2 heteroatoms. The van der Waals surface area contributed by atoms with Gasteiger partial charge in [-0.15, -0.1) is 0 Å². The molecule has 0 saturated heterocycles. The fourth-order valence-electron chi connectivity index (χ4n) is 1.40. The molecular weight excluding hydrogens is 198 g/mol. The first-order chi connectivity index (χ1) is 7.63. The SMILES string of the molecule is CCCC(=O)C=Cc1ccc(N(C)C)cc1. The summed E-state index contributed by atoms with van der Waals surface area (Å²) in [5.74, 6) is 0.194. The molecule has 0 radical (unpaired) electrons. The maximum absolute atomic E-state index is 11.3. The van der Waals surface area contributed by atoms with Crippen LogP contribution < -0.4 is 4.90 Å². The summed E-state index contributed by atoms with van der Waals surface area (Å²) < 4.78 is 0. The normalized spacial score (nSPS) is 10.7. The molecular formula is C14H19NO. The second-order valence-electron chi connectivity index (χ2n) is 4.04. The zero-order valence-corrected chi connectivity index (χ0v) is 10.2. The van der Waals surface area contributed by atoms with Gasteiger partial charge in [0.2, 0.25) is 0 Å². The second-order valence-corrected chi connectivity index (χ2v) is 4.04. The maximum atomic E-state index is 11.3. The van der Waals surface area contributed by atoms with Crippen LogP contribution in [0.3, 0.4) is 0 Å². The first-order valence-electron chi connectivity index (χ1n) is 5.61. The molecule has 0 bridgehead atoms. The Labute approximate surface area is 97.6 Å². The predicted molar refractivity (Wildman–Crippen MR) is 69.7 cm³/mol. The minimum Gasteiger partial charge on any atom is -0.378 e. The van der Waals surface area contributed by atoms with E-state index in [2.05, 4.69) is 4.90 Å². The van der Waals surface area contributed by atoms with Crippen LogP contribution in [0.2, 0.25) is 0 Å². The summed E-state index contributed by atoms with van der Waals surface area (Å²) in [6.07, 6.45) is 5.07. The molecule has 2 nitrogen and oxygen atoms in total. The molecule has 0 heterocycles. The van der Waals surface area contributed by atoms with Gasteiger partial charge < -0.3 is 4.90 Å². The standard InChI is InChI=1S/C14H19NO/c1-4-5-14(16)11-8-12-6-9-13(10-7-12)15(2)3/h6-11H,4-5H2,1-3H3. The topological polar surface area (TPSA) is 20.3 Å². The summed E-state index contributed by atoms with van der Waals surface area (Å²) >= 11 is 0. The third-order valence-corrected chi connectivity index (χ3v) is 2.37. The lowest BCUT2D eigenvalue weighted by Crippen LogP contribution is -2.07. The molecule has 0 aromatic heterocycles. The van der Waals surface area contributed by atoms with Gasteiger partial charge in [0.1, 0.15) is 0 Å². The van der Waals surface area contributed by atoms with Gasteiger partial charge in [-0.2, -0.15) is 0 Å². The van der Waals surface area contributed by atoms with Gasteiger partial charge in [-0.3, -0.25) is 4.79 Å². The lowest BCUT2D eigenvalue weighted by Gasteiger charge is -2.11. The van der Waals surface area contributed by atoms with Crippen LogP contribution in [0, 0.1) is 0 Å². The molecule has 0 unspecified atom stereocenters. The minimum absolute atomic E-state index is 0.194. The molecule has 16 heavy (non-hydrogen) atoms. The van der Waals surface area contributed by atoms with Gasteiger partial charge in [0.05, 0.1) is 0 Å². The molecule has 1 rings (SSSR count). The number of hydrogen-bond donors (Lipinski definition) is 0. The van der Waals surface area contributed by atoms with Gasteiger partial charge in [0, 0.05) is 26.2 Å². The van der Waals surface area contributed by atoms with Crippen molar-refractivity contribution >= 4 is 17.5 Å². The fraction of sp³-hybridized carbons (Fsp3) is 0.357. The van der Waals surface area contributed by atoms with Crippen molar-refractivity contribution in [3.8, 4) is 0 Å². The molecule has 86 valence electrons. The average molecular weight is 217 g/mol. The Morgan fingerprint density at radius 3 is 2.38 bits per heavy atom. The molecule has 0 atom stereocenters.